The van der Waals surface area contributed by atoms with Crippen LogP contribution in [0.1, 0.15) is 38.4 Å². The molecule has 0 saturated carbocycles. The van der Waals surface area contributed by atoms with Crippen molar-refractivity contribution < 1.29 is 0 Å². The average molecular weight is 281 g/mol. The lowest BCUT2D eigenvalue weighted by Gasteiger charge is -2.16. The molecule has 0 aliphatic heterocycles. The first kappa shape index (κ1) is 13.2. The molecule has 0 saturated heterocycles. The maximum absolute atomic E-state index is 4.42. The monoisotopic (exact) mass is 280 g/mol. The Bertz CT molecular complexity index is 362. The van der Waals surface area contributed by atoms with E-state index in [0.717, 1.165) is 29.6 Å². The number of pyridine rings is 1. The number of rotatable bonds is 5. The summed E-state index contributed by atoms with van der Waals surface area (Å²) in [5, 5.41) is 3.43. The van der Waals surface area contributed by atoms with Crippen LogP contribution < -0.4 is 5.32 Å². The van der Waals surface area contributed by atoms with Crippen LogP contribution in [0.5, 0.6) is 0 Å². The number of halogens is 1. The van der Waals surface area contributed by atoms with Gasteiger partial charge >= 0.3 is 0 Å². The summed E-state index contributed by atoms with van der Waals surface area (Å²) in [6.07, 6.45) is 3.75. The fourth-order valence-electron chi connectivity index (χ4n) is 1.54. The van der Waals surface area contributed by atoms with E-state index in [1.807, 2.05) is 19.2 Å². The lowest BCUT2D eigenvalue weighted by molar-refractivity contribution is 0.510. The van der Waals surface area contributed by atoms with Crippen molar-refractivity contribution in [3.63, 3.8) is 0 Å². The van der Waals surface area contributed by atoms with Crippen molar-refractivity contribution in [1.82, 2.24) is 10.3 Å². The van der Waals surface area contributed by atoms with Crippen LogP contribution >= 0.6 is 15.9 Å². The quantitative estimate of drug-likeness (QED) is 0.838. The molecule has 1 rings (SSSR count). The molecule has 1 atom stereocenters. The maximum atomic E-state index is 4.42. The summed E-state index contributed by atoms with van der Waals surface area (Å²) in [7, 11) is 0. The molecule has 0 bridgehead atoms. The molecule has 0 aliphatic carbocycles. The van der Waals surface area contributed by atoms with E-state index in [1.165, 1.54) is 0 Å². The highest BCUT2D eigenvalue weighted by Gasteiger charge is 2.10. The first-order valence-electron chi connectivity index (χ1n) is 5.52. The Morgan fingerprint density at radius 3 is 2.88 bits per heavy atom. The first-order chi connectivity index (χ1) is 7.77. The van der Waals surface area contributed by atoms with Crippen molar-refractivity contribution in [2.75, 3.05) is 6.54 Å². The van der Waals surface area contributed by atoms with Gasteiger partial charge in [-0.05, 0) is 48.0 Å². The highest BCUT2D eigenvalue weighted by Crippen LogP contribution is 2.17. The van der Waals surface area contributed by atoms with Crippen LogP contribution in [0.3, 0.4) is 0 Å². The number of nitrogens with one attached hydrogen (secondary N) is 1. The highest BCUT2D eigenvalue weighted by molar-refractivity contribution is 9.10. The van der Waals surface area contributed by atoms with Gasteiger partial charge in [0.05, 0.1) is 11.7 Å². The van der Waals surface area contributed by atoms with Gasteiger partial charge in [0.25, 0.3) is 0 Å². The molecular formula is C13H17BrN2. The standard InChI is InChI=1S/C13H17BrN2/c1-3-5-6-7-12(15-4-2)13-9-8-11(14)10-16-13/h8-10,12,15H,4,6-7H2,1-2H3. The van der Waals surface area contributed by atoms with E-state index >= 15 is 0 Å². The molecule has 0 radical (unpaired) electrons. The summed E-state index contributed by atoms with van der Waals surface area (Å²) in [5.41, 5.74) is 1.09. The fraction of sp³-hybridized carbons (Fsp3) is 0.462. The van der Waals surface area contributed by atoms with E-state index in [1.54, 1.807) is 0 Å². The van der Waals surface area contributed by atoms with Gasteiger partial charge in [-0.15, -0.1) is 11.8 Å². The van der Waals surface area contributed by atoms with E-state index in [2.05, 4.69) is 51.1 Å². The van der Waals surface area contributed by atoms with Crippen molar-refractivity contribution in [3.05, 3.63) is 28.5 Å². The Labute approximate surface area is 106 Å². The third-order valence-corrected chi connectivity index (χ3v) is 2.76. The Morgan fingerprint density at radius 2 is 2.31 bits per heavy atom. The molecule has 3 heteroatoms. The van der Waals surface area contributed by atoms with Gasteiger partial charge < -0.3 is 5.32 Å². The summed E-state index contributed by atoms with van der Waals surface area (Å²) in [4.78, 5) is 4.42. The lowest BCUT2D eigenvalue weighted by Crippen LogP contribution is -2.21. The molecule has 86 valence electrons. The van der Waals surface area contributed by atoms with Crippen molar-refractivity contribution in [1.29, 1.82) is 0 Å². The SMILES string of the molecule is CC#CCCC(NCC)c1ccc(Br)cn1. The predicted octanol–water partition coefficient (Wildman–Crippen LogP) is 3.30. The smallest absolute Gasteiger partial charge is 0.0574 e. The molecule has 0 fully saturated rings. The molecule has 2 nitrogen and oxygen atoms in total. The molecule has 1 unspecified atom stereocenters. The molecule has 0 amide bonds. The van der Waals surface area contributed by atoms with E-state index in [4.69, 9.17) is 0 Å². The summed E-state index contributed by atoms with van der Waals surface area (Å²) < 4.78 is 1.01. The third-order valence-electron chi connectivity index (χ3n) is 2.29. The van der Waals surface area contributed by atoms with Gasteiger partial charge in [-0.2, -0.15) is 0 Å². The van der Waals surface area contributed by atoms with Crippen LogP contribution in [-0.2, 0) is 0 Å². The van der Waals surface area contributed by atoms with E-state index < -0.39 is 0 Å². The predicted molar refractivity (Wildman–Crippen MR) is 71.0 cm³/mol. The fourth-order valence-corrected chi connectivity index (χ4v) is 1.77. The van der Waals surface area contributed by atoms with Crippen LogP contribution in [0.4, 0.5) is 0 Å². The summed E-state index contributed by atoms with van der Waals surface area (Å²) >= 11 is 3.39. The Kier molecular flexibility index (Phi) is 6.14. The van der Waals surface area contributed by atoms with Crippen LogP contribution in [0.25, 0.3) is 0 Å². The molecular weight excluding hydrogens is 264 g/mol. The van der Waals surface area contributed by atoms with Crippen LogP contribution in [0, 0.1) is 11.8 Å². The first-order valence-corrected chi connectivity index (χ1v) is 6.31. The van der Waals surface area contributed by atoms with Gasteiger partial charge in [0, 0.05) is 17.1 Å². The average Bonchev–Trinajstić information content (AvgIpc) is 2.29. The van der Waals surface area contributed by atoms with Crippen molar-refractivity contribution in [3.8, 4) is 11.8 Å². The second-order valence-electron chi connectivity index (χ2n) is 3.48. The van der Waals surface area contributed by atoms with Gasteiger partial charge in [-0.3, -0.25) is 4.98 Å². The van der Waals surface area contributed by atoms with Crippen molar-refractivity contribution >= 4 is 15.9 Å². The normalized spacial score (nSPS) is 11.7. The van der Waals surface area contributed by atoms with E-state index in [0.29, 0.717) is 6.04 Å². The second kappa shape index (κ2) is 7.43. The molecule has 0 aromatic carbocycles. The molecule has 1 aromatic rings. The summed E-state index contributed by atoms with van der Waals surface area (Å²) in [5.74, 6) is 6.01. The second-order valence-corrected chi connectivity index (χ2v) is 4.39. The van der Waals surface area contributed by atoms with Gasteiger partial charge in [-0.25, -0.2) is 0 Å². The maximum Gasteiger partial charge on any atom is 0.0574 e. The van der Waals surface area contributed by atoms with Crippen molar-refractivity contribution in [2.45, 2.75) is 32.7 Å². The molecule has 1 N–H and O–H groups in total. The molecule has 0 aliphatic rings. The van der Waals surface area contributed by atoms with Crippen LogP contribution in [-0.4, -0.2) is 11.5 Å². The zero-order chi connectivity index (χ0) is 11.8. The van der Waals surface area contributed by atoms with E-state index in [-0.39, 0.29) is 0 Å². The zero-order valence-corrected chi connectivity index (χ0v) is 11.3. The minimum atomic E-state index is 0.305. The highest BCUT2D eigenvalue weighted by atomic mass is 79.9. The van der Waals surface area contributed by atoms with Crippen LogP contribution in [0.15, 0.2) is 22.8 Å². The lowest BCUT2D eigenvalue weighted by atomic mass is 10.1. The number of hydrogen-bond donors (Lipinski definition) is 1. The Morgan fingerprint density at radius 1 is 1.50 bits per heavy atom. The van der Waals surface area contributed by atoms with Gasteiger partial charge in [0.2, 0.25) is 0 Å². The number of nitrogens with zero attached hydrogens (tertiary/aromatic N) is 1. The number of hydrogen-bond acceptors (Lipinski definition) is 2. The minimum Gasteiger partial charge on any atom is -0.309 e. The number of aromatic nitrogens is 1. The molecule has 16 heavy (non-hydrogen) atoms. The van der Waals surface area contributed by atoms with E-state index in [9.17, 15) is 0 Å². The zero-order valence-electron chi connectivity index (χ0n) is 9.76. The molecule has 1 heterocycles. The van der Waals surface area contributed by atoms with Gasteiger partial charge in [0.1, 0.15) is 0 Å². The topological polar surface area (TPSA) is 24.9 Å². The molecule has 0 spiro atoms. The summed E-state index contributed by atoms with van der Waals surface area (Å²) in [6, 6.07) is 4.38. The third kappa shape index (κ3) is 4.34. The van der Waals surface area contributed by atoms with Gasteiger partial charge in [0.15, 0.2) is 0 Å². The largest absolute Gasteiger partial charge is 0.309 e. The molecule has 1 aromatic heterocycles. The Hall–Kier alpha value is -0.850. The minimum absolute atomic E-state index is 0.305. The summed E-state index contributed by atoms with van der Waals surface area (Å²) in [6.45, 7) is 4.93. The van der Waals surface area contributed by atoms with Crippen molar-refractivity contribution in [2.24, 2.45) is 0 Å². The van der Waals surface area contributed by atoms with Gasteiger partial charge in [-0.1, -0.05) is 6.92 Å². The Balaban J connectivity index is 2.67. The van der Waals surface area contributed by atoms with Crippen LogP contribution in [0.2, 0.25) is 0 Å².